The number of nitrogens with zero attached hydrogens (tertiary/aromatic N) is 1. The number of hydrogen-bond donors (Lipinski definition) is 2. The van der Waals surface area contributed by atoms with Gasteiger partial charge in [-0.3, -0.25) is 9.59 Å². The molecule has 1 saturated heterocycles. The second-order valence-electron chi connectivity index (χ2n) is 8.40. The Hall–Kier alpha value is -1.93. The first-order chi connectivity index (χ1) is 14.4. The van der Waals surface area contributed by atoms with Crippen molar-refractivity contribution in [3.05, 3.63) is 29.8 Å². The van der Waals surface area contributed by atoms with E-state index in [-0.39, 0.29) is 47.3 Å². The van der Waals surface area contributed by atoms with Crippen molar-refractivity contribution in [2.24, 2.45) is 0 Å². The molecule has 30 heavy (non-hydrogen) atoms. The van der Waals surface area contributed by atoms with E-state index in [0.717, 1.165) is 44.9 Å². The Morgan fingerprint density at radius 3 is 2.53 bits per heavy atom. The van der Waals surface area contributed by atoms with Crippen molar-refractivity contribution in [2.45, 2.75) is 81.7 Å². The van der Waals surface area contributed by atoms with E-state index in [1.807, 2.05) is 6.92 Å². The zero-order chi connectivity index (χ0) is 21.6. The minimum atomic E-state index is -3.63. The highest BCUT2D eigenvalue weighted by molar-refractivity contribution is 7.89. The summed E-state index contributed by atoms with van der Waals surface area (Å²) in [5.74, 6) is -0.429. The highest BCUT2D eigenvalue weighted by Crippen LogP contribution is 2.25. The largest absolute Gasteiger partial charge is 0.353 e. The molecule has 1 aliphatic carbocycles. The third kappa shape index (κ3) is 5.82. The van der Waals surface area contributed by atoms with Crippen molar-refractivity contribution in [1.29, 1.82) is 0 Å². The van der Waals surface area contributed by atoms with Gasteiger partial charge in [-0.15, -0.1) is 0 Å². The van der Waals surface area contributed by atoms with Crippen molar-refractivity contribution in [1.82, 2.24) is 14.9 Å². The van der Waals surface area contributed by atoms with Crippen LogP contribution in [0, 0.1) is 0 Å². The summed E-state index contributed by atoms with van der Waals surface area (Å²) in [5.41, 5.74) is 0.286. The first kappa shape index (κ1) is 22.7. The predicted molar refractivity (Wildman–Crippen MR) is 116 cm³/mol. The third-order valence-electron chi connectivity index (χ3n) is 6.05. The lowest BCUT2D eigenvalue weighted by molar-refractivity contribution is -0.121. The van der Waals surface area contributed by atoms with Crippen LogP contribution in [0.3, 0.4) is 0 Å². The molecule has 2 amide bonds. The SMILES string of the molecule is CC1CCCCN1S(=O)(=O)c1cccc(C(=O)NCCC(=O)NC2CCCCC2)c1. The number of nitrogens with one attached hydrogen (secondary N) is 2. The average Bonchev–Trinajstić information content (AvgIpc) is 2.74. The van der Waals surface area contributed by atoms with Gasteiger partial charge >= 0.3 is 0 Å². The van der Waals surface area contributed by atoms with Gasteiger partial charge in [0.2, 0.25) is 15.9 Å². The molecule has 166 valence electrons. The van der Waals surface area contributed by atoms with Gasteiger partial charge in [-0.1, -0.05) is 31.7 Å². The van der Waals surface area contributed by atoms with Gasteiger partial charge < -0.3 is 10.6 Å². The van der Waals surface area contributed by atoms with E-state index in [0.29, 0.717) is 6.54 Å². The summed E-state index contributed by atoms with van der Waals surface area (Å²) < 4.78 is 27.5. The van der Waals surface area contributed by atoms with Crippen molar-refractivity contribution in [3.8, 4) is 0 Å². The van der Waals surface area contributed by atoms with Crippen molar-refractivity contribution >= 4 is 21.8 Å². The second-order valence-corrected chi connectivity index (χ2v) is 10.3. The summed E-state index contributed by atoms with van der Waals surface area (Å²) in [7, 11) is -3.63. The van der Waals surface area contributed by atoms with Gasteiger partial charge in [0.05, 0.1) is 4.90 Å². The second kappa shape index (κ2) is 10.4. The molecule has 2 N–H and O–H groups in total. The van der Waals surface area contributed by atoms with Gasteiger partial charge in [-0.2, -0.15) is 4.31 Å². The summed E-state index contributed by atoms with van der Waals surface area (Å²) in [6, 6.07) is 6.35. The zero-order valence-corrected chi connectivity index (χ0v) is 18.5. The Labute approximate surface area is 179 Å². The Bertz CT molecular complexity index is 850. The van der Waals surface area contributed by atoms with Crippen LogP contribution in [0.25, 0.3) is 0 Å². The number of benzene rings is 1. The molecule has 0 bridgehead atoms. The molecule has 2 fully saturated rings. The maximum atomic E-state index is 13.0. The molecule has 0 aromatic heterocycles. The van der Waals surface area contributed by atoms with Crippen molar-refractivity contribution < 1.29 is 18.0 Å². The van der Waals surface area contributed by atoms with Crippen LogP contribution in [-0.2, 0) is 14.8 Å². The van der Waals surface area contributed by atoms with Crippen LogP contribution in [0.4, 0.5) is 0 Å². The summed E-state index contributed by atoms with van der Waals surface area (Å²) >= 11 is 0. The monoisotopic (exact) mass is 435 g/mol. The first-order valence-electron chi connectivity index (χ1n) is 11.1. The zero-order valence-electron chi connectivity index (χ0n) is 17.7. The average molecular weight is 436 g/mol. The molecular weight excluding hydrogens is 402 g/mol. The van der Waals surface area contributed by atoms with E-state index in [1.54, 1.807) is 12.1 Å². The molecule has 1 aromatic rings. The van der Waals surface area contributed by atoms with E-state index >= 15 is 0 Å². The Morgan fingerprint density at radius 1 is 1.07 bits per heavy atom. The predicted octanol–water partition coefficient (Wildman–Crippen LogP) is 2.82. The van der Waals surface area contributed by atoms with Crippen LogP contribution in [0.5, 0.6) is 0 Å². The normalized spacial score (nSPS) is 21.2. The van der Waals surface area contributed by atoms with Crippen LogP contribution in [0.2, 0.25) is 0 Å². The molecule has 0 spiro atoms. The van der Waals surface area contributed by atoms with E-state index < -0.39 is 10.0 Å². The van der Waals surface area contributed by atoms with E-state index in [9.17, 15) is 18.0 Å². The standard InChI is InChI=1S/C22H33N3O4S/c1-17-8-5-6-15-25(17)30(28,29)20-12-7-9-18(16-20)22(27)23-14-13-21(26)24-19-10-3-2-4-11-19/h7,9,12,16-17,19H,2-6,8,10-11,13-15H2,1H3,(H,23,27)(H,24,26). The van der Waals surface area contributed by atoms with Gasteiger partial charge in [-0.05, 0) is 50.8 Å². The fraction of sp³-hybridized carbons (Fsp3) is 0.636. The number of piperidine rings is 1. The van der Waals surface area contributed by atoms with Crippen LogP contribution >= 0.6 is 0 Å². The number of carbonyl (C=O) groups is 2. The molecular formula is C22H33N3O4S. The van der Waals surface area contributed by atoms with E-state index in [4.69, 9.17) is 0 Å². The summed E-state index contributed by atoms with van der Waals surface area (Å²) in [6.45, 7) is 2.65. The molecule has 1 saturated carbocycles. The smallest absolute Gasteiger partial charge is 0.251 e. The van der Waals surface area contributed by atoms with Gasteiger partial charge in [0.25, 0.3) is 5.91 Å². The third-order valence-corrected chi connectivity index (χ3v) is 8.06. The molecule has 3 rings (SSSR count). The van der Waals surface area contributed by atoms with Crippen LogP contribution in [0.1, 0.15) is 75.1 Å². The number of carbonyl (C=O) groups excluding carboxylic acids is 2. The van der Waals surface area contributed by atoms with Crippen molar-refractivity contribution in [2.75, 3.05) is 13.1 Å². The van der Waals surface area contributed by atoms with Crippen molar-refractivity contribution in [3.63, 3.8) is 0 Å². The maximum absolute atomic E-state index is 13.0. The van der Waals surface area contributed by atoms with Gasteiger partial charge in [0.1, 0.15) is 0 Å². The first-order valence-corrected chi connectivity index (χ1v) is 12.5. The van der Waals surface area contributed by atoms with E-state index in [1.165, 1.54) is 22.9 Å². The summed E-state index contributed by atoms with van der Waals surface area (Å²) in [6.07, 6.45) is 8.52. The molecule has 8 heteroatoms. The molecule has 1 aliphatic heterocycles. The Kier molecular flexibility index (Phi) is 7.88. The number of hydrogen-bond acceptors (Lipinski definition) is 4. The number of sulfonamides is 1. The van der Waals surface area contributed by atoms with Gasteiger partial charge in [0.15, 0.2) is 0 Å². The number of amides is 2. The van der Waals surface area contributed by atoms with Crippen LogP contribution in [0.15, 0.2) is 29.2 Å². The Balaban J connectivity index is 1.54. The maximum Gasteiger partial charge on any atom is 0.251 e. The van der Waals surface area contributed by atoms with Crippen LogP contribution < -0.4 is 10.6 Å². The number of rotatable bonds is 7. The molecule has 7 nitrogen and oxygen atoms in total. The topological polar surface area (TPSA) is 95.6 Å². The molecule has 1 atom stereocenters. The minimum absolute atomic E-state index is 0.0380. The fourth-order valence-corrected chi connectivity index (χ4v) is 6.05. The lowest BCUT2D eigenvalue weighted by atomic mass is 9.95. The van der Waals surface area contributed by atoms with Gasteiger partial charge in [-0.25, -0.2) is 8.42 Å². The molecule has 0 radical (unpaired) electrons. The summed E-state index contributed by atoms with van der Waals surface area (Å²) in [4.78, 5) is 24.7. The molecule has 1 unspecified atom stereocenters. The lowest BCUT2D eigenvalue weighted by Gasteiger charge is -2.32. The van der Waals surface area contributed by atoms with Gasteiger partial charge in [0, 0.05) is 37.2 Å². The highest BCUT2D eigenvalue weighted by Gasteiger charge is 2.31. The molecule has 1 aromatic carbocycles. The Morgan fingerprint density at radius 2 is 1.80 bits per heavy atom. The minimum Gasteiger partial charge on any atom is -0.353 e. The molecule has 1 heterocycles. The fourth-order valence-electron chi connectivity index (χ4n) is 4.30. The van der Waals surface area contributed by atoms with Crippen LogP contribution in [-0.4, -0.2) is 49.7 Å². The summed E-state index contributed by atoms with van der Waals surface area (Å²) in [5, 5.41) is 5.75. The van der Waals surface area contributed by atoms with E-state index in [2.05, 4.69) is 10.6 Å². The lowest BCUT2D eigenvalue weighted by Crippen LogP contribution is -2.42. The quantitative estimate of drug-likeness (QED) is 0.688. The highest BCUT2D eigenvalue weighted by atomic mass is 32.2. The molecule has 2 aliphatic rings.